The Morgan fingerprint density at radius 1 is 1.10 bits per heavy atom. The fraction of sp³-hybridized carbons (Fsp3) is 0.190. The van der Waals surface area contributed by atoms with Crippen LogP contribution in [0.4, 0.5) is 22.9 Å². The van der Waals surface area contributed by atoms with Crippen LogP contribution in [0.1, 0.15) is 0 Å². The molecule has 2 aromatic heterocycles. The molecule has 4 aromatic rings. The van der Waals surface area contributed by atoms with Crippen molar-refractivity contribution in [2.75, 3.05) is 36.5 Å². The quantitative estimate of drug-likeness (QED) is 0.374. The minimum Gasteiger partial charge on any atom is -0.378 e. The average molecular weight is 417 g/mol. The lowest BCUT2D eigenvalue weighted by Gasteiger charge is -2.28. The second-order valence-corrected chi connectivity index (χ2v) is 7.10. The van der Waals surface area contributed by atoms with Gasteiger partial charge < -0.3 is 15.0 Å². The third-order valence-corrected chi connectivity index (χ3v) is 5.12. The molecule has 3 heterocycles. The van der Waals surface area contributed by atoms with Gasteiger partial charge in [0.05, 0.1) is 24.3 Å². The lowest BCUT2D eigenvalue weighted by molar-refractivity contribution is -0.384. The first-order chi connectivity index (χ1) is 15.2. The van der Waals surface area contributed by atoms with Gasteiger partial charge in [0.1, 0.15) is 11.0 Å². The summed E-state index contributed by atoms with van der Waals surface area (Å²) in [7, 11) is 0. The molecule has 0 atom stereocenters. The highest BCUT2D eigenvalue weighted by Crippen LogP contribution is 2.28. The largest absolute Gasteiger partial charge is 0.378 e. The van der Waals surface area contributed by atoms with E-state index in [9.17, 15) is 10.1 Å². The Balaban J connectivity index is 1.46. The highest BCUT2D eigenvalue weighted by atomic mass is 16.6. The van der Waals surface area contributed by atoms with Gasteiger partial charge >= 0.3 is 0 Å². The molecule has 1 aliphatic heterocycles. The minimum absolute atomic E-state index is 0.0124. The fourth-order valence-electron chi connectivity index (χ4n) is 3.53. The summed E-state index contributed by atoms with van der Waals surface area (Å²) in [5.41, 5.74) is 3.82. The maximum atomic E-state index is 11.1. The number of rotatable bonds is 5. The molecule has 10 heteroatoms. The molecule has 2 N–H and O–H groups in total. The van der Waals surface area contributed by atoms with Crippen molar-refractivity contribution in [3.05, 3.63) is 64.8 Å². The van der Waals surface area contributed by atoms with Crippen molar-refractivity contribution in [1.29, 1.82) is 0 Å². The number of non-ortho nitro benzene ring substituents is 1. The standard InChI is InChI=1S/C21H19N7O3/c29-28(30)17-3-1-2-14(12-17)20-24-18-13-22-26-19(18)21(25-20)23-15-4-6-16(7-5-15)27-8-10-31-11-9-27/h1-7,12-13H,8-11H2,(H,22,26)(H,23,24,25). The number of nitro groups is 1. The zero-order valence-electron chi connectivity index (χ0n) is 16.5. The number of fused-ring (bicyclic) bond motifs is 1. The molecule has 0 amide bonds. The predicted molar refractivity (Wildman–Crippen MR) is 117 cm³/mol. The van der Waals surface area contributed by atoms with Gasteiger partial charge in [0.2, 0.25) is 0 Å². The van der Waals surface area contributed by atoms with Gasteiger partial charge in [0, 0.05) is 42.2 Å². The molecular formula is C21H19N7O3. The van der Waals surface area contributed by atoms with Crippen molar-refractivity contribution in [2.45, 2.75) is 0 Å². The van der Waals surface area contributed by atoms with E-state index in [2.05, 4.69) is 42.5 Å². The van der Waals surface area contributed by atoms with Gasteiger partial charge in [0.25, 0.3) is 5.69 Å². The Kier molecular flexibility index (Phi) is 4.89. The molecule has 0 saturated carbocycles. The highest BCUT2D eigenvalue weighted by molar-refractivity contribution is 5.88. The number of nitrogens with zero attached hydrogens (tertiary/aromatic N) is 5. The number of aromatic nitrogens is 4. The van der Waals surface area contributed by atoms with Crippen LogP contribution < -0.4 is 10.2 Å². The number of aromatic amines is 1. The molecule has 0 radical (unpaired) electrons. The van der Waals surface area contributed by atoms with E-state index in [4.69, 9.17) is 4.74 Å². The van der Waals surface area contributed by atoms with E-state index in [-0.39, 0.29) is 5.69 Å². The van der Waals surface area contributed by atoms with E-state index in [1.807, 2.05) is 12.1 Å². The number of benzene rings is 2. The van der Waals surface area contributed by atoms with Crippen LogP contribution in [0, 0.1) is 10.1 Å². The second-order valence-electron chi connectivity index (χ2n) is 7.10. The first-order valence-corrected chi connectivity index (χ1v) is 9.83. The molecule has 1 aliphatic rings. The van der Waals surface area contributed by atoms with E-state index >= 15 is 0 Å². The summed E-state index contributed by atoms with van der Waals surface area (Å²) in [5.74, 6) is 0.924. The zero-order valence-corrected chi connectivity index (χ0v) is 16.5. The lowest BCUT2D eigenvalue weighted by Crippen LogP contribution is -2.36. The molecule has 1 saturated heterocycles. The van der Waals surface area contributed by atoms with Gasteiger partial charge in [-0.2, -0.15) is 5.10 Å². The van der Waals surface area contributed by atoms with Gasteiger partial charge in [-0.15, -0.1) is 0 Å². The summed E-state index contributed by atoms with van der Waals surface area (Å²) in [6, 6.07) is 14.4. The average Bonchev–Trinajstić information content (AvgIpc) is 3.29. The van der Waals surface area contributed by atoms with Crippen LogP contribution in [0.5, 0.6) is 0 Å². The number of nitro benzene ring substituents is 1. The summed E-state index contributed by atoms with van der Waals surface area (Å²) in [6.07, 6.45) is 1.60. The fourth-order valence-corrected chi connectivity index (χ4v) is 3.53. The van der Waals surface area contributed by atoms with Crippen LogP contribution in [0.2, 0.25) is 0 Å². The maximum Gasteiger partial charge on any atom is 0.270 e. The summed E-state index contributed by atoms with van der Waals surface area (Å²) in [5, 5.41) is 21.4. The van der Waals surface area contributed by atoms with Crippen LogP contribution >= 0.6 is 0 Å². The Labute approximate surface area is 177 Å². The van der Waals surface area contributed by atoms with Gasteiger partial charge in [0.15, 0.2) is 11.6 Å². The normalized spacial score (nSPS) is 14.0. The predicted octanol–water partition coefficient (Wildman–Crippen LogP) is 3.51. The zero-order chi connectivity index (χ0) is 21.2. The monoisotopic (exact) mass is 417 g/mol. The van der Waals surface area contributed by atoms with Crippen molar-refractivity contribution in [1.82, 2.24) is 20.2 Å². The van der Waals surface area contributed by atoms with E-state index in [0.29, 0.717) is 28.2 Å². The Bertz CT molecular complexity index is 1230. The van der Waals surface area contributed by atoms with Gasteiger partial charge in [-0.3, -0.25) is 15.2 Å². The van der Waals surface area contributed by atoms with Crippen molar-refractivity contribution in [2.24, 2.45) is 0 Å². The highest BCUT2D eigenvalue weighted by Gasteiger charge is 2.15. The summed E-state index contributed by atoms with van der Waals surface area (Å²) in [6.45, 7) is 3.22. The number of morpholine rings is 1. The third-order valence-electron chi connectivity index (χ3n) is 5.12. The lowest BCUT2D eigenvalue weighted by atomic mass is 10.2. The van der Waals surface area contributed by atoms with Crippen molar-refractivity contribution >= 4 is 33.9 Å². The van der Waals surface area contributed by atoms with E-state index in [1.165, 1.54) is 12.1 Å². The molecule has 5 rings (SSSR count). The SMILES string of the molecule is O=[N+]([O-])c1cccc(-c2nc(Nc3ccc(N4CCOCC4)cc3)c3[nH]ncc3n2)c1. The Morgan fingerprint density at radius 3 is 2.68 bits per heavy atom. The first-order valence-electron chi connectivity index (χ1n) is 9.83. The van der Waals surface area contributed by atoms with Gasteiger partial charge in [-0.05, 0) is 24.3 Å². The molecular weight excluding hydrogens is 398 g/mol. The van der Waals surface area contributed by atoms with E-state index in [1.54, 1.807) is 18.3 Å². The van der Waals surface area contributed by atoms with Crippen molar-refractivity contribution < 1.29 is 9.66 Å². The molecule has 0 unspecified atom stereocenters. The molecule has 31 heavy (non-hydrogen) atoms. The number of nitrogens with one attached hydrogen (secondary N) is 2. The van der Waals surface area contributed by atoms with Crippen LogP contribution in [0.15, 0.2) is 54.7 Å². The van der Waals surface area contributed by atoms with Crippen LogP contribution in [-0.2, 0) is 4.74 Å². The van der Waals surface area contributed by atoms with Crippen LogP contribution in [0.3, 0.4) is 0 Å². The number of hydrogen-bond acceptors (Lipinski definition) is 8. The smallest absolute Gasteiger partial charge is 0.270 e. The van der Waals surface area contributed by atoms with Crippen LogP contribution in [-0.4, -0.2) is 51.4 Å². The topological polar surface area (TPSA) is 122 Å². The molecule has 0 aliphatic carbocycles. The Hall–Kier alpha value is -4.05. The van der Waals surface area contributed by atoms with Crippen molar-refractivity contribution in [3.63, 3.8) is 0 Å². The molecule has 10 nitrogen and oxygen atoms in total. The number of hydrogen-bond donors (Lipinski definition) is 2. The van der Waals surface area contributed by atoms with E-state index in [0.717, 1.165) is 37.7 Å². The minimum atomic E-state index is -0.435. The molecule has 156 valence electrons. The molecule has 1 fully saturated rings. The molecule has 0 spiro atoms. The summed E-state index contributed by atoms with van der Waals surface area (Å²) in [4.78, 5) is 22.1. The maximum absolute atomic E-state index is 11.1. The molecule has 0 bridgehead atoms. The first kappa shape index (κ1) is 18.9. The third kappa shape index (κ3) is 3.88. The molecule has 2 aromatic carbocycles. The summed E-state index contributed by atoms with van der Waals surface area (Å²) < 4.78 is 5.41. The number of ether oxygens (including phenoxy) is 1. The van der Waals surface area contributed by atoms with Gasteiger partial charge in [-0.1, -0.05) is 12.1 Å². The number of anilines is 3. The number of H-pyrrole nitrogens is 1. The second kappa shape index (κ2) is 8.00. The van der Waals surface area contributed by atoms with Crippen molar-refractivity contribution in [3.8, 4) is 11.4 Å². The Morgan fingerprint density at radius 2 is 1.90 bits per heavy atom. The van der Waals surface area contributed by atoms with Gasteiger partial charge in [-0.25, -0.2) is 9.97 Å². The van der Waals surface area contributed by atoms with E-state index < -0.39 is 4.92 Å². The van der Waals surface area contributed by atoms with Crippen LogP contribution in [0.25, 0.3) is 22.4 Å². The summed E-state index contributed by atoms with van der Waals surface area (Å²) >= 11 is 0.